The van der Waals surface area contributed by atoms with Crippen LogP contribution in [0.5, 0.6) is 0 Å². The summed E-state index contributed by atoms with van der Waals surface area (Å²) in [5, 5.41) is 6.14. The molecule has 5 nitrogen and oxygen atoms in total. The number of nitrogens with zero attached hydrogens (tertiary/aromatic N) is 1. The van der Waals surface area contributed by atoms with Gasteiger partial charge in [0.1, 0.15) is 0 Å². The Labute approximate surface area is 99.8 Å². The fraction of sp³-hybridized carbons (Fsp3) is 0.500. The van der Waals surface area contributed by atoms with Gasteiger partial charge in [-0.05, 0) is 12.5 Å². The zero-order valence-corrected chi connectivity index (χ0v) is 9.69. The van der Waals surface area contributed by atoms with Crippen molar-refractivity contribution in [3.63, 3.8) is 0 Å². The van der Waals surface area contributed by atoms with Crippen LogP contribution in [0.15, 0.2) is 29.2 Å². The second-order valence-electron chi connectivity index (χ2n) is 4.24. The van der Waals surface area contributed by atoms with Crippen molar-refractivity contribution in [2.45, 2.75) is 25.4 Å². The maximum atomic E-state index is 11.4. The molecule has 2 heterocycles. The summed E-state index contributed by atoms with van der Waals surface area (Å²) in [6.45, 7) is 2.16. The lowest BCUT2D eigenvalue weighted by Gasteiger charge is -2.11. The first kappa shape index (κ1) is 11.9. The van der Waals surface area contributed by atoms with Crippen molar-refractivity contribution >= 4 is 5.91 Å². The maximum Gasteiger partial charge on any atom is 0.250 e. The van der Waals surface area contributed by atoms with Crippen molar-refractivity contribution in [2.75, 3.05) is 13.1 Å². The Morgan fingerprint density at radius 3 is 3.00 bits per heavy atom. The molecule has 0 radical (unpaired) electrons. The normalized spacial score (nSPS) is 19.3. The minimum atomic E-state index is 0.0171. The standard InChI is InChI=1S/C12H17N3O2/c16-11-5-4-10(14-11)9-13-6-8-15-7-2-1-3-12(15)17/h1-3,7,10,13H,4-6,8-9H2,(H,14,16). The summed E-state index contributed by atoms with van der Waals surface area (Å²) in [7, 11) is 0. The molecule has 0 aliphatic carbocycles. The van der Waals surface area contributed by atoms with Crippen LogP contribution in [0, 0.1) is 0 Å². The summed E-state index contributed by atoms with van der Waals surface area (Å²) in [5.41, 5.74) is 0.0171. The van der Waals surface area contributed by atoms with Gasteiger partial charge in [0, 0.05) is 44.4 Å². The van der Waals surface area contributed by atoms with Crippen LogP contribution in [-0.2, 0) is 11.3 Å². The topological polar surface area (TPSA) is 63.1 Å². The van der Waals surface area contributed by atoms with Crippen LogP contribution in [-0.4, -0.2) is 29.6 Å². The maximum absolute atomic E-state index is 11.4. The van der Waals surface area contributed by atoms with Crippen LogP contribution in [0.1, 0.15) is 12.8 Å². The first-order chi connectivity index (χ1) is 8.25. The minimum absolute atomic E-state index is 0.0171. The third-order valence-corrected chi connectivity index (χ3v) is 2.90. The molecule has 17 heavy (non-hydrogen) atoms. The van der Waals surface area contributed by atoms with E-state index in [-0.39, 0.29) is 17.5 Å². The number of hydrogen-bond acceptors (Lipinski definition) is 3. The third kappa shape index (κ3) is 3.42. The van der Waals surface area contributed by atoms with Gasteiger partial charge in [0.05, 0.1) is 0 Å². The first-order valence-electron chi connectivity index (χ1n) is 5.91. The number of nitrogens with one attached hydrogen (secondary N) is 2. The molecule has 1 aliphatic heterocycles. The van der Waals surface area contributed by atoms with Gasteiger partial charge in [0.25, 0.3) is 5.56 Å². The van der Waals surface area contributed by atoms with E-state index < -0.39 is 0 Å². The van der Waals surface area contributed by atoms with E-state index in [1.165, 1.54) is 0 Å². The molecule has 1 fully saturated rings. The lowest BCUT2D eigenvalue weighted by molar-refractivity contribution is -0.119. The van der Waals surface area contributed by atoms with Gasteiger partial charge in [-0.3, -0.25) is 9.59 Å². The molecular weight excluding hydrogens is 218 g/mol. The Morgan fingerprint density at radius 1 is 1.41 bits per heavy atom. The average Bonchev–Trinajstić information content (AvgIpc) is 2.73. The minimum Gasteiger partial charge on any atom is -0.352 e. The van der Waals surface area contributed by atoms with E-state index >= 15 is 0 Å². The molecule has 1 amide bonds. The van der Waals surface area contributed by atoms with Gasteiger partial charge in [0.15, 0.2) is 0 Å². The Kier molecular flexibility index (Phi) is 3.93. The number of pyridine rings is 1. The number of carbonyl (C=O) groups is 1. The summed E-state index contributed by atoms with van der Waals surface area (Å²) >= 11 is 0. The molecule has 1 aromatic heterocycles. The van der Waals surface area contributed by atoms with Crippen molar-refractivity contribution in [1.29, 1.82) is 0 Å². The predicted molar refractivity (Wildman–Crippen MR) is 64.7 cm³/mol. The molecule has 2 N–H and O–H groups in total. The van der Waals surface area contributed by atoms with Crippen molar-refractivity contribution < 1.29 is 4.79 Å². The number of hydrogen-bond donors (Lipinski definition) is 2. The van der Waals surface area contributed by atoms with Gasteiger partial charge in [-0.2, -0.15) is 0 Å². The van der Waals surface area contributed by atoms with Gasteiger partial charge in [-0.1, -0.05) is 6.07 Å². The van der Waals surface area contributed by atoms with Crippen LogP contribution in [0.2, 0.25) is 0 Å². The molecule has 0 spiro atoms. The highest BCUT2D eigenvalue weighted by Gasteiger charge is 2.19. The molecule has 1 unspecified atom stereocenters. The smallest absolute Gasteiger partial charge is 0.250 e. The molecule has 1 atom stereocenters. The average molecular weight is 235 g/mol. The van der Waals surface area contributed by atoms with Gasteiger partial charge in [-0.15, -0.1) is 0 Å². The molecule has 5 heteroatoms. The lowest BCUT2D eigenvalue weighted by Crippen LogP contribution is -2.37. The summed E-state index contributed by atoms with van der Waals surface area (Å²) in [6, 6.07) is 5.38. The first-order valence-corrected chi connectivity index (χ1v) is 5.91. The summed E-state index contributed by atoms with van der Waals surface area (Å²) in [4.78, 5) is 22.4. The third-order valence-electron chi connectivity index (χ3n) is 2.90. The van der Waals surface area contributed by atoms with Crippen LogP contribution in [0.3, 0.4) is 0 Å². The lowest BCUT2D eigenvalue weighted by atomic mass is 10.2. The van der Waals surface area contributed by atoms with E-state index in [9.17, 15) is 9.59 Å². The summed E-state index contributed by atoms with van der Waals surface area (Å²) in [6.07, 6.45) is 3.31. The molecule has 1 saturated heterocycles. The van der Waals surface area contributed by atoms with E-state index in [4.69, 9.17) is 0 Å². The summed E-state index contributed by atoms with van der Waals surface area (Å²) in [5.74, 6) is 0.135. The quantitative estimate of drug-likeness (QED) is 0.690. The van der Waals surface area contributed by atoms with Gasteiger partial charge in [-0.25, -0.2) is 0 Å². The fourth-order valence-corrected chi connectivity index (χ4v) is 1.95. The Hall–Kier alpha value is -1.62. The van der Waals surface area contributed by atoms with Gasteiger partial charge in [0.2, 0.25) is 5.91 Å². The van der Waals surface area contributed by atoms with E-state index in [2.05, 4.69) is 10.6 Å². The van der Waals surface area contributed by atoms with Crippen molar-refractivity contribution in [3.05, 3.63) is 34.7 Å². The molecule has 2 rings (SSSR count). The number of amides is 1. The number of aromatic nitrogens is 1. The molecule has 1 aliphatic rings. The molecule has 92 valence electrons. The van der Waals surface area contributed by atoms with Crippen LogP contribution in [0.4, 0.5) is 0 Å². The fourth-order valence-electron chi connectivity index (χ4n) is 1.95. The monoisotopic (exact) mass is 235 g/mol. The van der Waals surface area contributed by atoms with Crippen molar-refractivity contribution in [3.8, 4) is 0 Å². The molecule has 1 aromatic rings. The molecular formula is C12H17N3O2. The van der Waals surface area contributed by atoms with E-state index in [0.29, 0.717) is 13.0 Å². The molecule has 0 bridgehead atoms. The molecule has 0 aromatic carbocycles. The molecule has 0 saturated carbocycles. The van der Waals surface area contributed by atoms with E-state index in [1.54, 1.807) is 22.9 Å². The largest absolute Gasteiger partial charge is 0.352 e. The summed E-state index contributed by atoms with van der Waals surface area (Å²) < 4.78 is 1.67. The second kappa shape index (κ2) is 5.63. The van der Waals surface area contributed by atoms with Crippen LogP contribution >= 0.6 is 0 Å². The zero-order chi connectivity index (χ0) is 12.1. The highest BCUT2D eigenvalue weighted by atomic mass is 16.2. The Balaban J connectivity index is 1.68. The van der Waals surface area contributed by atoms with E-state index in [0.717, 1.165) is 19.5 Å². The van der Waals surface area contributed by atoms with Crippen molar-refractivity contribution in [1.82, 2.24) is 15.2 Å². The number of rotatable bonds is 5. The number of carbonyl (C=O) groups excluding carboxylic acids is 1. The predicted octanol–water partition coefficient (Wildman–Crippen LogP) is -0.283. The SMILES string of the molecule is O=C1CCC(CNCCn2ccccc2=O)N1. The highest BCUT2D eigenvalue weighted by Crippen LogP contribution is 2.04. The van der Waals surface area contributed by atoms with Crippen molar-refractivity contribution in [2.24, 2.45) is 0 Å². The van der Waals surface area contributed by atoms with E-state index in [1.807, 2.05) is 6.07 Å². The van der Waals surface area contributed by atoms with Gasteiger partial charge >= 0.3 is 0 Å². The van der Waals surface area contributed by atoms with Gasteiger partial charge < -0.3 is 15.2 Å². The second-order valence-corrected chi connectivity index (χ2v) is 4.24. The Bertz CT molecular complexity index is 441. The Morgan fingerprint density at radius 2 is 2.29 bits per heavy atom. The van der Waals surface area contributed by atoms with Crippen LogP contribution in [0.25, 0.3) is 0 Å². The highest BCUT2D eigenvalue weighted by molar-refractivity contribution is 5.78. The zero-order valence-electron chi connectivity index (χ0n) is 9.69. The van der Waals surface area contributed by atoms with Crippen LogP contribution < -0.4 is 16.2 Å².